The molecule has 0 saturated heterocycles. The largest absolute Gasteiger partial charge is 0.388 e. The summed E-state index contributed by atoms with van der Waals surface area (Å²) in [7, 11) is 0. The summed E-state index contributed by atoms with van der Waals surface area (Å²) in [5.41, 5.74) is 6.52. The van der Waals surface area contributed by atoms with Crippen molar-refractivity contribution in [1.82, 2.24) is 4.57 Å². The van der Waals surface area contributed by atoms with Gasteiger partial charge in [0.15, 0.2) is 0 Å². The molecule has 0 aliphatic heterocycles. The molecule has 20 heavy (non-hydrogen) atoms. The molecule has 106 valence electrons. The summed E-state index contributed by atoms with van der Waals surface area (Å²) in [6.45, 7) is 5.31. The van der Waals surface area contributed by atoms with E-state index in [1.807, 2.05) is 0 Å². The second kappa shape index (κ2) is 5.45. The molecule has 1 heterocycles. The minimum Gasteiger partial charge on any atom is -0.388 e. The number of nitrogens with zero attached hydrogens (tertiary/aromatic N) is 1. The van der Waals surface area contributed by atoms with E-state index in [2.05, 4.69) is 48.7 Å². The van der Waals surface area contributed by atoms with E-state index in [-0.39, 0.29) is 6.10 Å². The molecule has 2 nitrogen and oxygen atoms in total. The van der Waals surface area contributed by atoms with Gasteiger partial charge < -0.3 is 9.67 Å². The van der Waals surface area contributed by atoms with E-state index in [1.54, 1.807) is 0 Å². The van der Waals surface area contributed by atoms with Crippen molar-refractivity contribution in [1.29, 1.82) is 0 Å². The zero-order valence-electron chi connectivity index (χ0n) is 12.4. The highest BCUT2D eigenvalue weighted by molar-refractivity contribution is 5.32. The molecule has 0 radical (unpaired) electrons. The van der Waals surface area contributed by atoms with Crippen molar-refractivity contribution < 1.29 is 5.11 Å². The number of aryl methyl sites for hydroxylation is 3. The van der Waals surface area contributed by atoms with Crippen molar-refractivity contribution in [2.45, 2.75) is 52.2 Å². The van der Waals surface area contributed by atoms with Crippen molar-refractivity contribution in [3.8, 4) is 0 Å². The van der Waals surface area contributed by atoms with Crippen LogP contribution in [0, 0.1) is 13.8 Å². The van der Waals surface area contributed by atoms with Crippen LogP contribution in [0.3, 0.4) is 0 Å². The lowest BCUT2D eigenvalue weighted by molar-refractivity contribution is 0.155. The number of aromatic nitrogens is 1. The van der Waals surface area contributed by atoms with Crippen LogP contribution in [0.5, 0.6) is 0 Å². The van der Waals surface area contributed by atoms with E-state index < -0.39 is 0 Å². The van der Waals surface area contributed by atoms with Gasteiger partial charge in [-0.15, -0.1) is 0 Å². The number of aliphatic hydroxyl groups excluding tert-OH is 1. The first-order chi connectivity index (χ1) is 9.65. The Bertz CT molecular complexity index is 612. The molecule has 1 aromatic heterocycles. The number of rotatable bonds is 3. The summed E-state index contributed by atoms with van der Waals surface area (Å²) in [5.74, 6) is 0. The summed E-state index contributed by atoms with van der Waals surface area (Å²) in [5, 5.41) is 10.1. The number of hydrogen-bond acceptors (Lipinski definition) is 1. The number of hydrogen-bond donors (Lipinski definition) is 1. The second-order valence-electron chi connectivity index (χ2n) is 5.99. The third-order valence-electron chi connectivity index (χ3n) is 4.41. The van der Waals surface area contributed by atoms with Crippen LogP contribution in [0.1, 0.15) is 47.0 Å². The molecule has 2 heteroatoms. The lowest BCUT2D eigenvalue weighted by Crippen LogP contribution is -2.13. The fourth-order valence-electron chi connectivity index (χ4n) is 3.36. The predicted molar refractivity (Wildman–Crippen MR) is 81.9 cm³/mol. The van der Waals surface area contributed by atoms with Crippen molar-refractivity contribution in [3.05, 3.63) is 58.4 Å². The quantitative estimate of drug-likeness (QED) is 0.902. The highest BCUT2D eigenvalue weighted by Crippen LogP contribution is 2.32. The molecule has 1 aliphatic rings. The molecule has 1 unspecified atom stereocenters. The van der Waals surface area contributed by atoms with E-state index in [0.29, 0.717) is 0 Å². The Labute approximate surface area is 121 Å². The maximum absolute atomic E-state index is 10.1. The molecule has 3 rings (SSSR count). The summed E-state index contributed by atoms with van der Waals surface area (Å²) in [6, 6.07) is 10.9. The van der Waals surface area contributed by atoms with Gasteiger partial charge >= 0.3 is 0 Å². The Morgan fingerprint density at radius 2 is 2.10 bits per heavy atom. The van der Waals surface area contributed by atoms with Gasteiger partial charge in [0.1, 0.15) is 0 Å². The van der Waals surface area contributed by atoms with E-state index >= 15 is 0 Å². The average molecular weight is 269 g/mol. The van der Waals surface area contributed by atoms with Crippen molar-refractivity contribution in [3.63, 3.8) is 0 Å². The number of benzene rings is 1. The Hall–Kier alpha value is -1.54. The lowest BCUT2D eigenvalue weighted by Gasteiger charge is -2.20. The second-order valence-corrected chi connectivity index (χ2v) is 5.99. The summed E-state index contributed by atoms with van der Waals surface area (Å²) in [4.78, 5) is 0. The molecule has 1 atom stereocenters. The van der Waals surface area contributed by atoms with E-state index in [0.717, 1.165) is 37.8 Å². The van der Waals surface area contributed by atoms with Crippen LogP contribution in [0.15, 0.2) is 30.3 Å². The molecule has 0 fully saturated rings. The summed E-state index contributed by atoms with van der Waals surface area (Å²) >= 11 is 0. The van der Waals surface area contributed by atoms with Crippen LogP contribution in [0.4, 0.5) is 0 Å². The first-order valence-electron chi connectivity index (χ1n) is 7.57. The smallest absolute Gasteiger partial charge is 0.0807 e. The average Bonchev–Trinajstić information content (AvgIpc) is 2.74. The molecule has 1 aromatic carbocycles. The van der Waals surface area contributed by atoms with Crippen molar-refractivity contribution >= 4 is 0 Å². The van der Waals surface area contributed by atoms with Crippen molar-refractivity contribution in [2.75, 3.05) is 0 Å². The van der Waals surface area contributed by atoms with Gasteiger partial charge in [-0.2, -0.15) is 0 Å². The Morgan fingerprint density at radius 3 is 2.90 bits per heavy atom. The van der Waals surface area contributed by atoms with Crippen LogP contribution in [0.25, 0.3) is 0 Å². The Kier molecular flexibility index (Phi) is 3.66. The molecule has 0 amide bonds. The Morgan fingerprint density at radius 1 is 1.25 bits per heavy atom. The third kappa shape index (κ3) is 2.53. The molecule has 0 spiro atoms. The zero-order chi connectivity index (χ0) is 14.1. The van der Waals surface area contributed by atoms with Gasteiger partial charge in [0.2, 0.25) is 0 Å². The third-order valence-corrected chi connectivity index (χ3v) is 4.41. The first kappa shape index (κ1) is 13.4. The van der Waals surface area contributed by atoms with Crippen LogP contribution in [-0.4, -0.2) is 9.67 Å². The van der Waals surface area contributed by atoms with Gasteiger partial charge in [-0.3, -0.25) is 0 Å². The van der Waals surface area contributed by atoms with Gasteiger partial charge in [-0.05, 0) is 51.2 Å². The van der Waals surface area contributed by atoms with Crippen LogP contribution < -0.4 is 0 Å². The normalized spacial score (nSPS) is 18.1. The molecule has 1 N–H and O–H groups in total. The first-order valence-corrected chi connectivity index (χ1v) is 7.57. The molecule has 0 saturated carbocycles. The van der Waals surface area contributed by atoms with Crippen LogP contribution >= 0.6 is 0 Å². The standard InChI is InChI=1S/C18H23NO/c1-13-5-3-6-15(11-13)9-10-19-14(2)12-16-17(19)7-4-8-18(16)20/h3,5-6,11-12,18,20H,4,7-10H2,1-2H3. The maximum Gasteiger partial charge on any atom is 0.0807 e. The van der Waals surface area contributed by atoms with E-state index in [1.165, 1.54) is 22.5 Å². The van der Waals surface area contributed by atoms with Gasteiger partial charge in [0.05, 0.1) is 6.10 Å². The van der Waals surface area contributed by atoms with E-state index in [4.69, 9.17) is 0 Å². The van der Waals surface area contributed by atoms with Crippen LogP contribution in [-0.2, 0) is 19.4 Å². The molecular weight excluding hydrogens is 246 g/mol. The number of fused-ring (bicyclic) bond motifs is 1. The highest BCUT2D eigenvalue weighted by atomic mass is 16.3. The van der Waals surface area contributed by atoms with Gasteiger partial charge in [-0.25, -0.2) is 0 Å². The topological polar surface area (TPSA) is 25.2 Å². The summed E-state index contributed by atoms with van der Waals surface area (Å²) < 4.78 is 2.40. The highest BCUT2D eigenvalue weighted by Gasteiger charge is 2.22. The molecule has 0 bridgehead atoms. The lowest BCUT2D eigenvalue weighted by atomic mass is 9.95. The monoisotopic (exact) mass is 269 g/mol. The summed E-state index contributed by atoms with van der Waals surface area (Å²) in [6.07, 6.45) is 3.92. The van der Waals surface area contributed by atoms with Crippen molar-refractivity contribution in [2.24, 2.45) is 0 Å². The maximum atomic E-state index is 10.1. The molecule has 1 aliphatic carbocycles. The fourth-order valence-corrected chi connectivity index (χ4v) is 3.36. The SMILES string of the molecule is Cc1cccc(CCn2c(C)cc3c2CCCC3O)c1. The minimum absolute atomic E-state index is 0.252. The predicted octanol–water partition coefficient (Wildman–Crippen LogP) is 3.72. The molecule has 2 aromatic rings. The van der Waals surface area contributed by atoms with Gasteiger partial charge in [0.25, 0.3) is 0 Å². The van der Waals surface area contributed by atoms with Crippen LogP contribution in [0.2, 0.25) is 0 Å². The zero-order valence-corrected chi connectivity index (χ0v) is 12.4. The Balaban J connectivity index is 1.81. The molecular formula is C18H23NO. The van der Waals surface area contributed by atoms with Gasteiger partial charge in [-0.1, -0.05) is 29.8 Å². The number of aliphatic hydroxyl groups is 1. The van der Waals surface area contributed by atoms with E-state index in [9.17, 15) is 5.11 Å². The minimum atomic E-state index is -0.252. The van der Waals surface area contributed by atoms with Gasteiger partial charge in [0, 0.05) is 23.5 Å². The fraction of sp³-hybridized carbons (Fsp3) is 0.444.